The molecule has 24 heavy (non-hydrogen) atoms. The number of nitro benzene ring substituents is 1. The van der Waals surface area contributed by atoms with Crippen molar-refractivity contribution in [1.29, 1.82) is 0 Å². The average Bonchev–Trinajstić information content (AvgIpc) is 2.87. The summed E-state index contributed by atoms with van der Waals surface area (Å²) in [6.07, 6.45) is 3.22. The van der Waals surface area contributed by atoms with E-state index in [4.69, 9.17) is 12.2 Å². The third-order valence-electron chi connectivity index (χ3n) is 2.97. The fourth-order valence-electron chi connectivity index (χ4n) is 1.95. The fourth-order valence-corrected chi connectivity index (χ4v) is 3.85. The molecule has 120 valence electrons. The van der Waals surface area contributed by atoms with E-state index in [9.17, 15) is 14.9 Å². The molecule has 6 nitrogen and oxygen atoms in total. The molecule has 1 aromatic carbocycles. The first-order valence-corrected chi connectivity index (χ1v) is 8.69. The second kappa shape index (κ2) is 7.12. The molecule has 9 heteroatoms. The summed E-state index contributed by atoms with van der Waals surface area (Å²) in [7, 11) is 0. The molecular weight excluding hydrogens is 366 g/mol. The molecule has 3 rings (SSSR count). The van der Waals surface area contributed by atoms with E-state index in [1.54, 1.807) is 36.5 Å². The number of hydrogen-bond acceptors (Lipinski definition) is 7. The number of pyridine rings is 1. The number of amides is 1. The van der Waals surface area contributed by atoms with Gasteiger partial charge in [-0.25, -0.2) is 4.98 Å². The van der Waals surface area contributed by atoms with E-state index in [0.29, 0.717) is 24.7 Å². The Morgan fingerprint density at radius 1 is 1.33 bits per heavy atom. The van der Waals surface area contributed by atoms with Gasteiger partial charge in [-0.05, 0) is 29.8 Å². The van der Waals surface area contributed by atoms with Crippen LogP contribution in [0.3, 0.4) is 0 Å². The Kier molecular flexibility index (Phi) is 4.93. The zero-order valence-electron chi connectivity index (χ0n) is 12.0. The van der Waals surface area contributed by atoms with E-state index in [0.717, 1.165) is 11.8 Å². The zero-order chi connectivity index (χ0) is 17.1. The van der Waals surface area contributed by atoms with Crippen molar-refractivity contribution >= 4 is 57.7 Å². The molecule has 0 bridgehead atoms. The largest absolute Gasteiger partial charge is 0.307 e. The number of nitrogens with zero attached hydrogens (tertiary/aromatic N) is 2. The van der Waals surface area contributed by atoms with Crippen LogP contribution < -0.4 is 5.32 Å². The number of hydrogen-bond donors (Lipinski definition) is 1. The molecule has 2 aromatic rings. The molecular formula is C15H9N3O3S3. The van der Waals surface area contributed by atoms with Crippen molar-refractivity contribution in [3.05, 3.63) is 63.2 Å². The van der Waals surface area contributed by atoms with Crippen LogP contribution in [0.5, 0.6) is 0 Å². The van der Waals surface area contributed by atoms with Crippen molar-refractivity contribution in [1.82, 2.24) is 10.3 Å². The van der Waals surface area contributed by atoms with Crippen LogP contribution in [0.25, 0.3) is 6.08 Å². The smallest absolute Gasteiger partial charge is 0.283 e. The van der Waals surface area contributed by atoms with E-state index >= 15 is 0 Å². The molecule has 1 amide bonds. The van der Waals surface area contributed by atoms with E-state index in [-0.39, 0.29) is 11.6 Å². The van der Waals surface area contributed by atoms with Gasteiger partial charge < -0.3 is 5.32 Å². The second-order valence-electron chi connectivity index (χ2n) is 4.61. The number of nitrogens with one attached hydrogen (secondary N) is 1. The predicted molar refractivity (Wildman–Crippen MR) is 97.8 cm³/mol. The van der Waals surface area contributed by atoms with Crippen LogP contribution in [0.15, 0.2) is 57.4 Å². The highest BCUT2D eigenvalue weighted by Gasteiger charge is 2.23. The number of rotatable bonds is 4. The molecule has 0 radical (unpaired) electrons. The maximum atomic E-state index is 11.7. The first-order chi connectivity index (χ1) is 11.5. The number of thioether (sulfide) groups is 1. The van der Waals surface area contributed by atoms with Crippen LogP contribution in [0.2, 0.25) is 0 Å². The second-order valence-corrected chi connectivity index (χ2v) is 7.39. The molecule has 1 N–H and O–H groups in total. The van der Waals surface area contributed by atoms with Gasteiger partial charge >= 0.3 is 0 Å². The Labute approximate surface area is 150 Å². The number of carbonyl (C=O) groups excluding carboxylic acids is 1. The highest BCUT2D eigenvalue weighted by atomic mass is 32.2. The minimum atomic E-state index is -0.445. The van der Waals surface area contributed by atoms with Crippen molar-refractivity contribution in [3.8, 4) is 0 Å². The summed E-state index contributed by atoms with van der Waals surface area (Å²) in [5.41, 5.74) is 0.528. The van der Waals surface area contributed by atoms with Crippen molar-refractivity contribution in [2.24, 2.45) is 0 Å². The number of benzene rings is 1. The van der Waals surface area contributed by atoms with Gasteiger partial charge in [0.05, 0.1) is 14.7 Å². The summed E-state index contributed by atoms with van der Waals surface area (Å²) in [6.45, 7) is 0. The van der Waals surface area contributed by atoms with Crippen molar-refractivity contribution in [3.63, 3.8) is 0 Å². The van der Waals surface area contributed by atoms with Crippen LogP contribution in [0, 0.1) is 10.1 Å². The van der Waals surface area contributed by atoms with Gasteiger partial charge in [0.1, 0.15) is 9.35 Å². The van der Waals surface area contributed by atoms with Gasteiger partial charge in [0.15, 0.2) is 0 Å². The first-order valence-electron chi connectivity index (χ1n) is 6.65. The van der Waals surface area contributed by atoms with Crippen LogP contribution >= 0.6 is 35.7 Å². The fraction of sp³-hybridized carbons (Fsp3) is 0. The Hall–Kier alpha value is -2.23. The number of nitro groups is 1. The average molecular weight is 375 g/mol. The lowest BCUT2D eigenvalue weighted by molar-refractivity contribution is -0.387. The van der Waals surface area contributed by atoms with E-state index in [1.165, 1.54) is 17.8 Å². The van der Waals surface area contributed by atoms with Gasteiger partial charge in [-0.15, -0.1) is 0 Å². The molecule has 1 fully saturated rings. The third kappa shape index (κ3) is 3.81. The lowest BCUT2D eigenvalue weighted by atomic mass is 10.2. The molecule has 0 aliphatic carbocycles. The molecule has 1 saturated heterocycles. The summed E-state index contributed by atoms with van der Waals surface area (Å²) in [5, 5.41) is 14.5. The number of thiocarbonyl (C=S) groups is 1. The highest BCUT2D eigenvalue weighted by Crippen LogP contribution is 2.35. The maximum absolute atomic E-state index is 11.7. The van der Waals surface area contributed by atoms with Gasteiger partial charge in [0, 0.05) is 12.3 Å². The van der Waals surface area contributed by atoms with E-state index < -0.39 is 4.92 Å². The Morgan fingerprint density at radius 2 is 2.17 bits per heavy atom. The predicted octanol–water partition coefficient (Wildman–Crippen LogP) is 3.63. The van der Waals surface area contributed by atoms with Crippen LogP contribution in [0.1, 0.15) is 5.56 Å². The van der Waals surface area contributed by atoms with Crippen LogP contribution in [-0.2, 0) is 4.79 Å². The van der Waals surface area contributed by atoms with Crippen molar-refractivity contribution in [2.45, 2.75) is 9.92 Å². The molecule has 0 atom stereocenters. The van der Waals surface area contributed by atoms with Crippen molar-refractivity contribution < 1.29 is 9.72 Å². The van der Waals surface area contributed by atoms with Gasteiger partial charge in [-0.3, -0.25) is 14.9 Å². The minimum Gasteiger partial charge on any atom is -0.307 e. The molecule has 0 unspecified atom stereocenters. The van der Waals surface area contributed by atoms with Crippen molar-refractivity contribution in [2.75, 3.05) is 0 Å². The lowest BCUT2D eigenvalue weighted by Gasteiger charge is -2.04. The SMILES string of the molecule is O=C1NC(=S)SC1=Cc1ccc(Sc2ccccn2)c([N+](=O)[O-])c1. The highest BCUT2D eigenvalue weighted by molar-refractivity contribution is 8.26. The van der Waals surface area contributed by atoms with Gasteiger partial charge in [0.25, 0.3) is 11.6 Å². The first kappa shape index (κ1) is 16.6. The third-order valence-corrected chi connectivity index (χ3v) is 5.15. The summed E-state index contributed by atoms with van der Waals surface area (Å²) < 4.78 is 0.378. The standard InChI is InChI=1S/C15H9N3O3S3/c19-14-12(24-15(22)17-14)8-9-4-5-11(10(7-9)18(20)21)23-13-3-1-2-6-16-13/h1-8H,(H,17,19,22). The summed E-state index contributed by atoms with van der Waals surface area (Å²) in [4.78, 5) is 27.7. The number of carbonyl (C=O) groups is 1. The normalized spacial score (nSPS) is 15.6. The Morgan fingerprint density at radius 3 is 2.79 bits per heavy atom. The molecule has 0 spiro atoms. The van der Waals surface area contributed by atoms with Crippen LogP contribution in [-0.4, -0.2) is 20.1 Å². The molecule has 1 aliphatic heterocycles. The van der Waals surface area contributed by atoms with Gasteiger partial charge in [0.2, 0.25) is 0 Å². The topological polar surface area (TPSA) is 85.1 Å². The maximum Gasteiger partial charge on any atom is 0.283 e. The molecule has 0 saturated carbocycles. The minimum absolute atomic E-state index is 0.0361. The Bertz CT molecular complexity index is 869. The monoisotopic (exact) mass is 375 g/mol. The number of aromatic nitrogens is 1. The van der Waals surface area contributed by atoms with Gasteiger partial charge in [-0.2, -0.15) is 0 Å². The van der Waals surface area contributed by atoms with Gasteiger partial charge in [-0.1, -0.05) is 47.9 Å². The zero-order valence-corrected chi connectivity index (χ0v) is 14.4. The molecule has 2 heterocycles. The lowest BCUT2D eigenvalue weighted by Crippen LogP contribution is -2.17. The van der Waals surface area contributed by atoms with Crippen LogP contribution in [0.4, 0.5) is 5.69 Å². The van der Waals surface area contributed by atoms with E-state index in [2.05, 4.69) is 10.3 Å². The molecule has 1 aromatic heterocycles. The Balaban J connectivity index is 1.93. The summed E-state index contributed by atoms with van der Waals surface area (Å²) >= 11 is 7.27. The summed E-state index contributed by atoms with van der Waals surface area (Å²) in [5.74, 6) is -0.292. The molecule has 1 aliphatic rings. The quantitative estimate of drug-likeness (QED) is 0.378. The van der Waals surface area contributed by atoms with E-state index in [1.807, 2.05) is 6.07 Å². The summed E-state index contributed by atoms with van der Waals surface area (Å²) in [6, 6.07) is 10.2.